The zero-order valence-corrected chi connectivity index (χ0v) is 12.2. The van der Waals surface area contributed by atoms with Crippen LogP contribution in [0.1, 0.15) is 12.8 Å². The summed E-state index contributed by atoms with van der Waals surface area (Å²) in [5.74, 6) is 1.68. The van der Waals surface area contributed by atoms with Crippen molar-refractivity contribution in [2.45, 2.75) is 13.5 Å². The van der Waals surface area contributed by atoms with E-state index in [-0.39, 0.29) is 5.91 Å². The van der Waals surface area contributed by atoms with Gasteiger partial charge in [-0.1, -0.05) is 30.3 Å². The molecule has 0 radical (unpaired) electrons. The molecule has 3 rings (SSSR count). The van der Waals surface area contributed by atoms with Crippen molar-refractivity contribution >= 4 is 5.91 Å². The summed E-state index contributed by atoms with van der Waals surface area (Å²) in [4.78, 5) is 19.8. The van der Waals surface area contributed by atoms with Crippen molar-refractivity contribution in [1.82, 2.24) is 14.8 Å². The minimum atomic E-state index is 0.150. The van der Waals surface area contributed by atoms with Crippen molar-refractivity contribution in [2.24, 2.45) is 0 Å². The largest absolute Gasteiger partial charge is 0.439 e. The zero-order valence-electron chi connectivity index (χ0n) is 12.2. The lowest BCUT2D eigenvalue weighted by atomic mass is 10.2. The topological polar surface area (TPSA) is 49.6 Å². The second kappa shape index (κ2) is 6.10. The lowest BCUT2D eigenvalue weighted by molar-refractivity contribution is -0.130. The number of carbonyl (C=O) groups excluding carboxylic acids is 1. The molecule has 5 nitrogen and oxygen atoms in total. The molecule has 1 fully saturated rings. The predicted molar refractivity (Wildman–Crippen MR) is 79.5 cm³/mol. The van der Waals surface area contributed by atoms with Crippen LogP contribution in [0.25, 0.3) is 11.3 Å². The van der Waals surface area contributed by atoms with Crippen LogP contribution in [0.3, 0.4) is 0 Å². The van der Waals surface area contributed by atoms with E-state index in [1.165, 1.54) is 0 Å². The molecule has 5 heteroatoms. The van der Waals surface area contributed by atoms with Crippen LogP contribution >= 0.6 is 0 Å². The number of benzene rings is 1. The Kier molecular flexibility index (Phi) is 4.01. The van der Waals surface area contributed by atoms with E-state index in [1.807, 2.05) is 35.2 Å². The number of oxazole rings is 1. The van der Waals surface area contributed by atoms with Crippen LogP contribution in [0.5, 0.6) is 0 Å². The zero-order chi connectivity index (χ0) is 14.7. The second-order valence-corrected chi connectivity index (χ2v) is 5.27. The molecular weight excluding hydrogens is 266 g/mol. The molecule has 21 heavy (non-hydrogen) atoms. The average molecular weight is 285 g/mol. The quantitative estimate of drug-likeness (QED) is 0.865. The highest BCUT2D eigenvalue weighted by Crippen LogP contribution is 2.20. The normalized spacial score (nSPS) is 16.1. The maximum atomic E-state index is 11.3. The molecule has 110 valence electrons. The molecule has 2 aromatic rings. The first kappa shape index (κ1) is 13.8. The summed E-state index contributed by atoms with van der Waals surface area (Å²) in [7, 11) is 0. The van der Waals surface area contributed by atoms with E-state index in [4.69, 9.17) is 4.42 Å². The van der Waals surface area contributed by atoms with Crippen molar-refractivity contribution in [1.29, 1.82) is 0 Å². The van der Waals surface area contributed by atoms with Gasteiger partial charge in [0.1, 0.15) is 0 Å². The van der Waals surface area contributed by atoms with Crippen molar-refractivity contribution < 1.29 is 9.21 Å². The highest BCUT2D eigenvalue weighted by Gasteiger charge is 2.20. The third-order valence-electron chi connectivity index (χ3n) is 3.79. The van der Waals surface area contributed by atoms with E-state index in [0.29, 0.717) is 6.54 Å². The number of piperazine rings is 1. The maximum Gasteiger partial charge on any atom is 0.219 e. The molecule has 2 heterocycles. The summed E-state index contributed by atoms with van der Waals surface area (Å²) >= 11 is 0. The van der Waals surface area contributed by atoms with Crippen LogP contribution in [0, 0.1) is 0 Å². The van der Waals surface area contributed by atoms with Gasteiger partial charge in [-0.15, -0.1) is 0 Å². The monoisotopic (exact) mass is 285 g/mol. The van der Waals surface area contributed by atoms with Gasteiger partial charge in [0, 0.05) is 38.7 Å². The van der Waals surface area contributed by atoms with Gasteiger partial charge in [-0.25, -0.2) is 4.98 Å². The molecule has 0 bridgehead atoms. The van der Waals surface area contributed by atoms with Crippen LogP contribution in [0.15, 0.2) is 40.9 Å². The maximum absolute atomic E-state index is 11.3. The van der Waals surface area contributed by atoms with Gasteiger partial charge in [0.15, 0.2) is 5.76 Å². The lowest BCUT2D eigenvalue weighted by Gasteiger charge is -2.33. The SMILES string of the molecule is CC(=O)N1CCN(Cc2ncc(-c3ccccc3)o2)CC1. The number of nitrogens with zero attached hydrogens (tertiary/aromatic N) is 3. The summed E-state index contributed by atoms with van der Waals surface area (Å²) in [6.07, 6.45) is 1.77. The Hall–Kier alpha value is -2.14. The molecule has 0 N–H and O–H groups in total. The minimum absolute atomic E-state index is 0.150. The smallest absolute Gasteiger partial charge is 0.219 e. The Morgan fingerprint density at radius 2 is 1.90 bits per heavy atom. The van der Waals surface area contributed by atoms with Gasteiger partial charge in [0.25, 0.3) is 0 Å². The lowest BCUT2D eigenvalue weighted by Crippen LogP contribution is -2.47. The fourth-order valence-corrected chi connectivity index (χ4v) is 2.53. The van der Waals surface area contributed by atoms with Gasteiger partial charge < -0.3 is 9.32 Å². The molecule has 1 aliphatic heterocycles. The first-order valence-electron chi connectivity index (χ1n) is 7.20. The van der Waals surface area contributed by atoms with Gasteiger partial charge in [0.2, 0.25) is 11.8 Å². The van der Waals surface area contributed by atoms with Crippen LogP contribution in [0.2, 0.25) is 0 Å². The molecular formula is C16H19N3O2. The number of amides is 1. The number of aromatic nitrogens is 1. The average Bonchev–Trinajstić information content (AvgIpc) is 2.97. The Morgan fingerprint density at radius 3 is 2.57 bits per heavy atom. The molecule has 0 aliphatic carbocycles. The third-order valence-corrected chi connectivity index (χ3v) is 3.79. The molecule has 0 saturated carbocycles. The summed E-state index contributed by atoms with van der Waals surface area (Å²) in [5.41, 5.74) is 1.04. The van der Waals surface area contributed by atoms with Crippen LogP contribution in [-0.4, -0.2) is 46.9 Å². The first-order chi connectivity index (χ1) is 10.2. The molecule has 1 aliphatic rings. The highest BCUT2D eigenvalue weighted by atomic mass is 16.4. The summed E-state index contributed by atoms with van der Waals surface area (Å²) in [6, 6.07) is 9.97. The number of hydrogen-bond acceptors (Lipinski definition) is 4. The summed E-state index contributed by atoms with van der Waals surface area (Å²) in [5, 5.41) is 0. The van der Waals surface area contributed by atoms with E-state index in [2.05, 4.69) is 9.88 Å². The molecule has 0 unspecified atom stereocenters. The van der Waals surface area contributed by atoms with Crippen molar-refractivity contribution in [3.05, 3.63) is 42.4 Å². The minimum Gasteiger partial charge on any atom is -0.439 e. The highest BCUT2D eigenvalue weighted by molar-refractivity contribution is 5.73. The van der Waals surface area contributed by atoms with E-state index in [1.54, 1.807) is 13.1 Å². The molecule has 0 atom stereocenters. The van der Waals surface area contributed by atoms with E-state index in [0.717, 1.165) is 43.4 Å². The molecule has 1 aromatic carbocycles. The Bertz CT molecular complexity index is 601. The van der Waals surface area contributed by atoms with Gasteiger partial charge in [-0.3, -0.25) is 9.69 Å². The molecule has 1 aromatic heterocycles. The summed E-state index contributed by atoms with van der Waals surface area (Å²) in [6.45, 7) is 5.60. The molecule has 0 spiro atoms. The van der Waals surface area contributed by atoms with E-state index >= 15 is 0 Å². The number of rotatable bonds is 3. The molecule has 1 saturated heterocycles. The van der Waals surface area contributed by atoms with Crippen molar-refractivity contribution in [3.63, 3.8) is 0 Å². The van der Waals surface area contributed by atoms with Crippen LogP contribution < -0.4 is 0 Å². The van der Waals surface area contributed by atoms with Gasteiger partial charge >= 0.3 is 0 Å². The second-order valence-electron chi connectivity index (χ2n) is 5.27. The standard InChI is InChI=1S/C16H19N3O2/c1-13(20)19-9-7-18(8-10-19)12-16-17-11-15(21-16)14-5-3-2-4-6-14/h2-6,11H,7-10,12H2,1H3. The predicted octanol–water partition coefficient (Wildman–Crippen LogP) is 2.01. The Morgan fingerprint density at radius 1 is 1.19 bits per heavy atom. The van der Waals surface area contributed by atoms with Crippen molar-refractivity contribution in [2.75, 3.05) is 26.2 Å². The summed E-state index contributed by atoms with van der Waals surface area (Å²) < 4.78 is 5.81. The van der Waals surface area contributed by atoms with Gasteiger partial charge in [-0.2, -0.15) is 0 Å². The van der Waals surface area contributed by atoms with Crippen LogP contribution in [-0.2, 0) is 11.3 Å². The van der Waals surface area contributed by atoms with Gasteiger partial charge in [0.05, 0.1) is 12.7 Å². The number of hydrogen-bond donors (Lipinski definition) is 0. The van der Waals surface area contributed by atoms with E-state index in [9.17, 15) is 4.79 Å². The van der Waals surface area contributed by atoms with Crippen LogP contribution in [0.4, 0.5) is 0 Å². The van der Waals surface area contributed by atoms with E-state index < -0.39 is 0 Å². The fourth-order valence-electron chi connectivity index (χ4n) is 2.53. The van der Waals surface area contributed by atoms with Gasteiger partial charge in [-0.05, 0) is 0 Å². The molecule has 1 amide bonds. The first-order valence-corrected chi connectivity index (χ1v) is 7.20. The third kappa shape index (κ3) is 3.31. The van der Waals surface area contributed by atoms with Crippen molar-refractivity contribution in [3.8, 4) is 11.3 Å². The Balaban J connectivity index is 1.60. The fraction of sp³-hybridized carbons (Fsp3) is 0.375. The number of carbonyl (C=O) groups is 1. The Labute approximate surface area is 124 Å².